The lowest BCUT2D eigenvalue weighted by molar-refractivity contribution is -0.125. The van der Waals surface area contributed by atoms with Crippen LogP contribution in [0.2, 0.25) is 0 Å². The zero-order valence-electron chi connectivity index (χ0n) is 19.9. The fourth-order valence-electron chi connectivity index (χ4n) is 5.62. The fraction of sp³-hybridized carbons (Fsp3) is 0.107. The average Bonchev–Trinajstić information content (AvgIpc) is 3.76. The predicted molar refractivity (Wildman–Crippen MR) is 151 cm³/mol. The second kappa shape index (κ2) is 8.57. The lowest BCUT2D eigenvalue weighted by Crippen LogP contribution is -2.56. The molecule has 3 aromatic heterocycles. The highest BCUT2D eigenvalue weighted by molar-refractivity contribution is 7.10. The molecule has 188 valence electrons. The lowest BCUT2D eigenvalue weighted by Gasteiger charge is -2.44. The maximum atomic E-state index is 14.7. The van der Waals surface area contributed by atoms with Crippen LogP contribution in [-0.4, -0.2) is 21.5 Å². The Hall–Kier alpha value is -4.41. The van der Waals surface area contributed by atoms with Crippen LogP contribution in [0.4, 0.5) is 11.5 Å². The van der Waals surface area contributed by atoms with E-state index >= 15 is 0 Å². The van der Waals surface area contributed by atoms with E-state index < -0.39 is 17.4 Å². The number of carbonyl (C=O) groups is 1. The second-order valence-corrected chi connectivity index (χ2v) is 11.2. The maximum Gasteiger partial charge on any atom is 0.277 e. The first-order valence-electron chi connectivity index (χ1n) is 12.1. The summed E-state index contributed by atoms with van der Waals surface area (Å²) in [6.07, 6.45) is 0. The van der Waals surface area contributed by atoms with Crippen LogP contribution in [0.15, 0.2) is 106 Å². The monoisotopic (exact) mass is 538 g/mol. The molecule has 5 aromatic rings. The largest absolute Gasteiger partial charge is 0.385 e. The van der Waals surface area contributed by atoms with Gasteiger partial charge in [0, 0.05) is 9.75 Å². The minimum absolute atomic E-state index is 0.174. The molecule has 38 heavy (non-hydrogen) atoms. The summed E-state index contributed by atoms with van der Waals surface area (Å²) in [5.41, 5.74) is 7.00. The molecule has 2 aliphatic heterocycles. The molecule has 0 fully saturated rings. The highest BCUT2D eigenvalue weighted by Gasteiger charge is 2.65. The van der Waals surface area contributed by atoms with Crippen LogP contribution >= 0.6 is 22.7 Å². The molecular weight excluding hydrogens is 516 g/mol. The Bertz CT molecular complexity index is 1710. The topological polar surface area (TPSA) is 109 Å². The van der Waals surface area contributed by atoms with E-state index in [4.69, 9.17) is 5.73 Å². The van der Waals surface area contributed by atoms with Gasteiger partial charge in [0.05, 0.1) is 28.9 Å². The zero-order valence-corrected chi connectivity index (χ0v) is 21.6. The van der Waals surface area contributed by atoms with Crippen LogP contribution in [0.1, 0.15) is 27.3 Å². The molecule has 10 heteroatoms. The van der Waals surface area contributed by atoms with E-state index in [0.717, 1.165) is 9.75 Å². The lowest BCUT2D eigenvalue weighted by atomic mass is 9.63. The third-order valence-corrected chi connectivity index (χ3v) is 9.14. The highest BCUT2D eigenvalue weighted by atomic mass is 32.1. The molecule has 7 rings (SSSR count). The standard InChI is InChI=1S/C28H22N6O2S2/c29-26-28(27(36)34(32-26)18-11-5-2-6-12-18)22(19-13-7-15-37-19)21-24(30-23(28)20-14-8-16-38-20)31-33(25(21)35)17-9-3-1-4-10-17/h1-16,22-23,30-31H,(H2,29,32)/t22-,23-,28?/m0/s1. The molecule has 0 saturated carbocycles. The third-order valence-electron chi connectivity index (χ3n) is 7.26. The summed E-state index contributed by atoms with van der Waals surface area (Å²) in [5, 5.41) is 16.7. The normalized spacial score (nSPS) is 22.4. The molecule has 2 aliphatic rings. The third kappa shape index (κ3) is 3.10. The zero-order chi connectivity index (χ0) is 25.9. The van der Waals surface area contributed by atoms with Gasteiger partial charge in [0.25, 0.3) is 11.5 Å². The van der Waals surface area contributed by atoms with Crippen molar-refractivity contribution in [2.45, 2.75) is 12.0 Å². The Morgan fingerprint density at radius 1 is 0.816 bits per heavy atom. The first-order valence-corrected chi connectivity index (χ1v) is 13.8. The van der Waals surface area contributed by atoms with Crippen molar-refractivity contribution in [3.63, 3.8) is 0 Å². The summed E-state index contributed by atoms with van der Waals surface area (Å²) in [6.45, 7) is 0. The number of carbonyl (C=O) groups excluding carboxylic acids is 1. The summed E-state index contributed by atoms with van der Waals surface area (Å²) < 4.78 is 1.52. The molecule has 1 spiro atoms. The number of aromatic amines is 1. The van der Waals surface area contributed by atoms with Gasteiger partial charge in [-0.25, -0.2) is 4.68 Å². The van der Waals surface area contributed by atoms with Crippen LogP contribution < -0.4 is 21.6 Å². The number of H-pyrrole nitrogens is 1. The number of hydrogen-bond acceptors (Lipinski definition) is 7. The SMILES string of the molecule is NC1=NN(c2ccccc2)C(=O)C12[C@@H](c1cccs1)c1c([nH]n(-c3ccccc3)c1=O)N[C@H]2c1cccs1. The minimum atomic E-state index is -1.37. The molecule has 1 amide bonds. The number of anilines is 2. The van der Waals surface area contributed by atoms with Crippen molar-refractivity contribution >= 4 is 45.9 Å². The number of nitrogens with two attached hydrogens (primary N) is 1. The van der Waals surface area contributed by atoms with Gasteiger partial charge in [-0.2, -0.15) is 10.1 Å². The Labute approximate surface area is 225 Å². The molecule has 0 bridgehead atoms. The van der Waals surface area contributed by atoms with E-state index in [1.54, 1.807) is 0 Å². The Balaban J connectivity index is 1.52. The van der Waals surface area contributed by atoms with E-state index in [0.29, 0.717) is 22.8 Å². The van der Waals surface area contributed by atoms with Crippen LogP contribution in [0.5, 0.6) is 0 Å². The average molecular weight is 539 g/mol. The van der Waals surface area contributed by atoms with Crippen LogP contribution in [-0.2, 0) is 4.79 Å². The number of fused-ring (bicyclic) bond motifs is 1. The van der Waals surface area contributed by atoms with Gasteiger partial charge in [-0.05, 0) is 47.2 Å². The molecule has 4 N–H and O–H groups in total. The van der Waals surface area contributed by atoms with Crippen molar-refractivity contribution < 1.29 is 4.79 Å². The van der Waals surface area contributed by atoms with Gasteiger partial charge in [-0.1, -0.05) is 48.5 Å². The van der Waals surface area contributed by atoms with Crippen molar-refractivity contribution in [3.8, 4) is 5.69 Å². The Morgan fingerprint density at radius 3 is 2.08 bits per heavy atom. The fourth-order valence-corrected chi connectivity index (χ4v) is 7.38. The van der Waals surface area contributed by atoms with Gasteiger partial charge < -0.3 is 11.1 Å². The van der Waals surface area contributed by atoms with Crippen molar-refractivity contribution in [1.82, 2.24) is 9.78 Å². The number of nitrogens with zero attached hydrogens (tertiary/aromatic N) is 3. The van der Waals surface area contributed by atoms with E-state index in [1.165, 1.54) is 32.4 Å². The number of hydrogen-bond donors (Lipinski definition) is 3. The smallest absolute Gasteiger partial charge is 0.277 e. The molecule has 2 aromatic carbocycles. The van der Waals surface area contributed by atoms with Crippen molar-refractivity contribution in [2.24, 2.45) is 16.3 Å². The molecule has 0 aliphatic carbocycles. The van der Waals surface area contributed by atoms with Gasteiger partial charge in [0.1, 0.15) is 17.1 Å². The van der Waals surface area contributed by atoms with Gasteiger partial charge in [-0.3, -0.25) is 14.7 Å². The quantitative estimate of drug-likeness (QED) is 0.303. The van der Waals surface area contributed by atoms with Gasteiger partial charge in [0.15, 0.2) is 0 Å². The number of amidine groups is 1. The van der Waals surface area contributed by atoms with Crippen LogP contribution in [0.25, 0.3) is 5.69 Å². The summed E-state index contributed by atoms with van der Waals surface area (Å²) in [6, 6.07) is 25.9. The molecule has 3 atom stereocenters. The number of aromatic nitrogens is 2. The second-order valence-electron chi connectivity index (χ2n) is 9.22. The molecule has 0 saturated heterocycles. The summed E-state index contributed by atoms with van der Waals surface area (Å²) in [7, 11) is 0. The highest BCUT2D eigenvalue weighted by Crippen LogP contribution is 2.59. The number of benzene rings is 2. The first-order chi connectivity index (χ1) is 18.6. The van der Waals surface area contributed by atoms with Crippen LogP contribution in [0.3, 0.4) is 0 Å². The molecule has 8 nitrogen and oxygen atoms in total. The maximum absolute atomic E-state index is 14.7. The van der Waals surface area contributed by atoms with Gasteiger partial charge in [-0.15, -0.1) is 22.7 Å². The first kappa shape index (κ1) is 22.8. The number of amides is 1. The summed E-state index contributed by atoms with van der Waals surface area (Å²) in [4.78, 5) is 30.6. The Kier molecular flexibility index (Phi) is 5.14. The van der Waals surface area contributed by atoms with Crippen molar-refractivity contribution in [2.75, 3.05) is 10.3 Å². The molecule has 0 radical (unpaired) electrons. The van der Waals surface area contributed by atoms with Crippen LogP contribution in [0, 0.1) is 5.41 Å². The number of para-hydroxylation sites is 2. The molecule has 1 unspecified atom stereocenters. The van der Waals surface area contributed by atoms with E-state index in [1.807, 2.05) is 95.7 Å². The summed E-state index contributed by atoms with van der Waals surface area (Å²) >= 11 is 3.03. The molecule has 5 heterocycles. The van der Waals surface area contributed by atoms with E-state index in [2.05, 4.69) is 15.5 Å². The van der Waals surface area contributed by atoms with Crippen molar-refractivity contribution in [3.05, 3.63) is 121 Å². The predicted octanol–water partition coefficient (Wildman–Crippen LogP) is 4.89. The number of nitrogens with one attached hydrogen (secondary N) is 2. The number of rotatable bonds is 4. The minimum Gasteiger partial charge on any atom is -0.385 e. The summed E-state index contributed by atoms with van der Waals surface area (Å²) in [5.74, 6) is -0.194. The van der Waals surface area contributed by atoms with Crippen molar-refractivity contribution in [1.29, 1.82) is 0 Å². The molecular formula is C28H22N6O2S2. The number of hydrazone groups is 1. The number of thiophene rings is 2. The van der Waals surface area contributed by atoms with E-state index in [-0.39, 0.29) is 17.3 Å². The van der Waals surface area contributed by atoms with Gasteiger partial charge in [0.2, 0.25) is 0 Å². The Morgan fingerprint density at radius 2 is 1.45 bits per heavy atom. The van der Waals surface area contributed by atoms with E-state index in [9.17, 15) is 9.59 Å². The van der Waals surface area contributed by atoms with Gasteiger partial charge >= 0.3 is 0 Å².